The summed E-state index contributed by atoms with van der Waals surface area (Å²) in [6.45, 7) is 11.5. The Hall–Kier alpha value is -3.22. The average molecular weight is 462 g/mol. The van der Waals surface area contributed by atoms with Crippen LogP contribution in [-0.2, 0) is 16.1 Å². The number of carbonyl (C=O) groups is 1. The van der Waals surface area contributed by atoms with Crippen molar-refractivity contribution in [2.45, 2.75) is 53.1 Å². The average Bonchev–Trinajstić information content (AvgIpc) is 3.16. The van der Waals surface area contributed by atoms with E-state index in [1.807, 2.05) is 19.9 Å². The first kappa shape index (κ1) is 23.9. The zero-order valence-electron chi connectivity index (χ0n) is 20.4. The SMILES string of the molecule is Cc1cc(OC[C@H]2COC(C)(C)O2)cc(C)c1-c1cccc(COc2ccc(C=O)cn2)c1C. The second kappa shape index (κ2) is 9.95. The van der Waals surface area contributed by atoms with Gasteiger partial charge in [0.15, 0.2) is 12.1 Å². The van der Waals surface area contributed by atoms with E-state index in [0.717, 1.165) is 34.3 Å². The van der Waals surface area contributed by atoms with Crippen molar-refractivity contribution in [2.24, 2.45) is 0 Å². The summed E-state index contributed by atoms with van der Waals surface area (Å²) in [6, 6.07) is 13.8. The molecule has 6 nitrogen and oxygen atoms in total. The summed E-state index contributed by atoms with van der Waals surface area (Å²) in [7, 11) is 0. The summed E-state index contributed by atoms with van der Waals surface area (Å²) in [5.41, 5.74) is 7.42. The van der Waals surface area contributed by atoms with E-state index >= 15 is 0 Å². The predicted octanol–water partition coefficient (Wildman–Crippen LogP) is 5.60. The molecule has 1 saturated heterocycles. The number of hydrogen-bond donors (Lipinski definition) is 0. The van der Waals surface area contributed by atoms with Gasteiger partial charge in [0.1, 0.15) is 25.1 Å². The molecule has 6 heteroatoms. The van der Waals surface area contributed by atoms with Crippen LogP contribution >= 0.6 is 0 Å². The van der Waals surface area contributed by atoms with E-state index in [0.29, 0.717) is 31.3 Å². The van der Waals surface area contributed by atoms with Crippen molar-refractivity contribution in [1.82, 2.24) is 4.98 Å². The largest absolute Gasteiger partial charge is 0.491 e. The van der Waals surface area contributed by atoms with Gasteiger partial charge >= 0.3 is 0 Å². The van der Waals surface area contributed by atoms with Crippen LogP contribution in [0.5, 0.6) is 11.6 Å². The number of ether oxygens (including phenoxy) is 4. The number of benzene rings is 2. The lowest BCUT2D eigenvalue weighted by Gasteiger charge is -2.19. The number of carbonyl (C=O) groups excluding carboxylic acids is 1. The van der Waals surface area contributed by atoms with Gasteiger partial charge in [-0.05, 0) is 86.2 Å². The molecule has 178 valence electrons. The van der Waals surface area contributed by atoms with Crippen LogP contribution in [0.1, 0.15) is 46.5 Å². The molecule has 1 aliphatic rings. The molecule has 1 aromatic heterocycles. The molecule has 0 saturated carbocycles. The maximum absolute atomic E-state index is 10.8. The maximum Gasteiger partial charge on any atom is 0.213 e. The molecule has 0 radical (unpaired) electrons. The molecule has 0 N–H and O–H groups in total. The van der Waals surface area contributed by atoms with Crippen LogP contribution in [0, 0.1) is 20.8 Å². The molecule has 0 aliphatic carbocycles. The molecule has 2 aromatic carbocycles. The van der Waals surface area contributed by atoms with Gasteiger partial charge in [-0.1, -0.05) is 18.2 Å². The molecule has 3 aromatic rings. The van der Waals surface area contributed by atoms with E-state index in [-0.39, 0.29) is 6.10 Å². The molecular weight excluding hydrogens is 430 g/mol. The van der Waals surface area contributed by atoms with E-state index in [9.17, 15) is 4.79 Å². The number of nitrogens with zero attached hydrogens (tertiary/aromatic N) is 1. The van der Waals surface area contributed by atoms with Gasteiger partial charge in [-0.3, -0.25) is 4.79 Å². The lowest BCUT2D eigenvalue weighted by atomic mass is 9.90. The van der Waals surface area contributed by atoms with Crippen LogP contribution in [0.15, 0.2) is 48.7 Å². The van der Waals surface area contributed by atoms with Gasteiger partial charge in [0.05, 0.1) is 6.61 Å². The first-order valence-electron chi connectivity index (χ1n) is 11.4. The third-order valence-electron chi connectivity index (χ3n) is 6.00. The molecule has 1 fully saturated rings. The molecule has 4 rings (SSSR count). The van der Waals surface area contributed by atoms with Crippen LogP contribution in [0.4, 0.5) is 0 Å². The molecule has 1 aliphatic heterocycles. The second-order valence-corrected chi connectivity index (χ2v) is 9.12. The van der Waals surface area contributed by atoms with Gasteiger partial charge in [-0.2, -0.15) is 0 Å². The molecule has 0 amide bonds. The van der Waals surface area contributed by atoms with E-state index in [1.54, 1.807) is 12.1 Å². The van der Waals surface area contributed by atoms with Crippen molar-refractivity contribution in [3.8, 4) is 22.8 Å². The summed E-state index contributed by atoms with van der Waals surface area (Å²) < 4.78 is 23.4. The smallest absolute Gasteiger partial charge is 0.213 e. The zero-order chi connectivity index (χ0) is 24.3. The fourth-order valence-electron chi connectivity index (χ4n) is 4.28. The Labute approximate surface area is 200 Å². The van der Waals surface area contributed by atoms with Crippen LogP contribution in [-0.4, -0.2) is 36.4 Å². The Balaban J connectivity index is 1.49. The topological polar surface area (TPSA) is 66.9 Å². The van der Waals surface area contributed by atoms with E-state index in [1.165, 1.54) is 17.3 Å². The normalized spacial score (nSPS) is 16.9. The van der Waals surface area contributed by atoms with Crippen molar-refractivity contribution in [3.05, 3.63) is 76.5 Å². The van der Waals surface area contributed by atoms with Crippen molar-refractivity contribution in [1.29, 1.82) is 0 Å². The highest BCUT2D eigenvalue weighted by atomic mass is 16.7. The van der Waals surface area contributed by atoms with Crippen molar-refractivity contribution in [2.75, 3.05) is 13.2 Å². The molecular formula is C28H31NO5. The minimum Gasteiger partial charge on any atom is -0.491 e. The van der Waals surface area contributed by atoms with Gasteiger partial charge in [0.25, 0.3) is 0 Å². The van der Waals surface area contributed by atoms with Gasteiger partial charge in [-0.25, -0.2) is 4.98 Å². The maximum atomic E-state index is 10.8. The second-order valence-electron chi connectivity index (χ2n) is 9.12. The quantitative estimate of drug-likeness (QED) is 0.407. The highest BCUT2D eigenvalue weighted by Gasteiger charge is 2.33. The van der Waals surface area contributed by atoms with Gasteiger partial charge < -0.3 is 18.9 Å². The predicted molar refractivity (Wildman–Crippen MR) is 130 cm³/mol. The fourth-order valence-corrected chi connectivity index (χ4v) is 4.28. The van der Waals surface area contributed by atoms with Crippen LogP contribution in [0.3, 0.4) is 0 Å². The third-order valence-corrected chi connectivity index (χ3v) is 6.00. The first-order chi connectivity index (χ1) is 16.3. The third kappa shape index (κ3) is 5.46. The first-order valence-corrected chi connectivity index (χ1v) is 11.4. The number of pyridine rings is 1. The molecule has 0 spiro atoms. The summed E-state index contributed by atoms with van der Waals surface area (Å²) in [5.74, 6) is 0.767. The minimum atomic E-state index is -0.551. The highest BCUT2D eigenvalue weighted by molar-refractivity contribution is 5.75. The molecule has 0 bridgehead atoms. The zero-order valence-corrected chi connectivity index (χ0v) is 20.4. The number of aryl methyl sites for hydroxylation is 2. The van der Waals surface area contributed by atoms with E-state index < -0.39 is 5.79 Å². The Morgan fingerprint density at radius 1 is 1.09 bits per heavy atom. The molecule has 0 unspecified atom stereocenters. The summed E-state index contributed by atoms with van der Waals surface area (Å²) in [6.07, 6.45) is 2.20. The van der Waals surface area contributed by atoms with Gasteiger partial charge in [0.2, 0.25) is 5.88 Å². The summed E-state index contributed by atoms with van der Waals surface area (Å²) in [5, 5.41) is 0. The Morgan fingerprint density at radius 3 is 2.47 bits per heavy atom. The fraction of sp³-hybridized carbons (Fsp3) is 0.357. The van der Waals surface area contributed by atoms with Crippen LogP contribution < -0.4 is 9.47 Å². The Bertz CT molecular complexity index is 1150. The monoisotopic (exact) mass is 461 g/mol. The molecule has 1 atom stereocenters. The molecule has 2 heterocycles. The van der Waals surface area contributed by atoms with Crippen LogP contribution in [0.2, 0.25) is 0 Å². The lowest BCUT2D eigenvalue weighted by Crippen LogP contribution is -2.25. The standard InChI is InChI=1S/C28H31NO5/c1-18-11-23(31-16-24-17-33-28(4,5)34-24)12-19(2)27(18)25-8-6-7-22(20(25)3)15-32-26-10-9-21(14-30)13-29-26/h6-14,24H,15-17H2,1-5H3/t24-/m0/s1. The minimum absolute atomic E-state index is 0.0710. The number of rotatable bonds is 8. The summed E-state index contributed by atoms with van der Waals surface area (Å²) >= 11 is 0. The summed E-state index contributed by atoms with van der Waals surface area (Å²) in [4.78, 5) is 15.0. The lowest BCUT2D eigenvalue weighted by molar-refractivity contribution is -0.141. The Morgan fingerprint density at radius 2 is 1.85 bits per heavy atom. The number of hydrogen-bond acceptors (Lipinski definition) is 6. The van der Waals surface area contributed by atoms with E-state index in [2.05, 4.69) is 50.0 Å². The van der Waals surface area contributed by atoms with Crippen molar-refractivity contribution < 1.29 is 23.7 Å². The Kier molecular flexibility index (Phi) is 7.00. The van der Waals surface area contributed by atoms with Gasteiger partial charge in [0, 0.05) is 17.8 Å². The molecule has 34 heavy (non-hydrogen) atoms. The van der Waals surface area contributed by atoms with Crippen molar-refractivity contribution in [3.63, 3.8) is 0 Å². The van der Waals surface area contributed by atoms with Gasteiger partial charge in [-0.15, -0.1) is 0 Å². The van der Waals surface area contributed by atoms with Crippen LogP contribution in [0.25, 0.3) is 11.1 Å². The highest BCUT2D eigenvalue weighted by Crippen LogP contribution is 2.34. The van der Waals surface area contributed by atoms with Crippen molar-refractivity contribution >= 4 is 6.29 Å². The van der Waals surface area contributed by atoms with E-state index in [4.69, 9.17) is 18.9 Å². The number of aromatic nitrogens is 1. The number of aldehydes is 1.